The number of rotatable bonds is 5. The van der Waals surface area contributed by atoms with E-state index in [1.807, 2.05) is 25.1 Å². The van der Waals surface area contributed by atoms with Gasteiger partial charge in [-0.2, -0.15) is 0 Å². The van der Waals surface area contributed by atoms with E-state index < -0.39 is 5.69 Å². The SMILES string of the molecule is Cc1cccc(CSc2nnc(Cc3c(C)[nH]c(=O)n(C)c3=O)o2)c1. The Kier molecular flexibility index (Phi) is 4.89. The third kappa shape index (κ3) is 3.90. The molecule has 0 aliphatic heterocycles. The lowest BCUT2D eigenvalue weighted by molar-refractivity contribution is 0.419. The summed E-state index contributed by atoms with van der Waals surface area (Å²) < 4.78 is 6.65. The third-order valence-corrected chi connectivity index (χ3v) is 4.73. The van der Waals surface area contributed by atoms with Crippen LogP contribution in [-0.2, 0) is 19.2 Å². The summed E-state index contributed by atoms with van der Waals surface area (Å²) in [7, 11) is 1.43. The second kappa shape index (κ2) is 7.10. The molecule has 1 N–H and O–H groups in total. The van der Waals surface area contributed by atoms with Crippen molar-refractivity contribution < 1.29 is 4.42 Å². The van der Waals surface area contributed by atoms with Crippen molar-refractivity contribution in [1.82, 2.24) is 19.7 Å². The van der Waals surface area contributed by atoms with Crippen molar-refractivity contribution in [2.24, 2.45) is 7.05 Å². The van der Waals surface area contributed by atoms with E-state index in [-0.39, 0.29) is 12.0 Å². The number of nitrogens with zero attached hydrogens (tertiary/aromatic N) is 3. The Morgan fingerprint density at radius 1 is 1.24 bits per heavy atom. The van der Waals surface area contributed by atoms with Crippen LogP contribution in [-0.4, -0.2) is 19.7 Å². The van der Waals surface area contributed by atoms with Gasteiger partial charge in [-0.05, 0) is 19.4 Å². The van der Waals surface area contributed by atoms with Crippen molar-refractivity contribution in [1.29, 1.82) is 0 Å². The number of H-pyrrole nitrogens is 1. The summed E-state index contributed by atoms with van der Waals surface area (Å²) in [5.41, 5.74) is 2.55. The molecular formula is C17H18N4O3S. The summed E-state index contributed by atoms with van der Waals surface area (Å²) in [6, 6.07) is 8.22. The van der Waals surface area contributed by atoms with Crippen molar-refractivity contribution in [2.75, 3.05) is 0 Å². The molecule has 0 fully saturated rings. The van der Waals surface area contributed by atoms with E-state index in [9.17, 15) is 9.59 Å². The first-order chi connectivity index (χ1) is 11.9. The first-order valence-electron chi connectivity index (χ1n) is 7.73. The normalized spacial score (nSPS) is 11.0. The second-order valence-electron chi connectivity index (χ2n) is 5.81. The van der Waals surface area contributed by atoms with Crippen LogP contribution < -0.4 is 11.2 Å². The Labute approximate surface area is 148 Å². The maximum Gasteiger partial charge on any atom is 0.328 e. The molecule has 0 unspecified atom stereocenters. The fourth-order valence-electron chi connectivity index (χ4n) is 2.45. The highest BCUT2D eigenvalue weighted by Gasteiger charge is 2.14. The first kappa shape index (κ1) is 17.2. The fourth-order valence-corrected chi connectivity index (χ4v) is 3.17. The molecule has 0 bridgehead atoms. The van der Waals surface area contributed by atoms with Gasteiger partial charge in [0.25, 0.3) is 10.8 Å². The number of benzene rings is 1. The van der Waals surface area contributed by atoms with Gasteiger partial charge in [-0.1, -0.05) is 41.6 Å². The quantitative estimate of drug-likeness (QED) is 0.701. The maximum atomic E-state index is 12.2. The number of nitrogens with one attached hydrogen (secondary N) is 1. The van der Waals surface area contributed by atoms with Gasteiger partial charge >= 0.3 is 5.69 Å². The summed E-state index contributed by atoms with van der Waals surface area (Å²) in [5, 5.41) is 8.47. The van der Waals surface area contributed by atoms with Crippen molar-refractivity contribution in [3.05, 3.63) is 73.4 Å². The number of hydrogen-bond donors (Lipinski definition) is 1. The van der Waals surface area contributed by atoms with Gasteiger partial charge in [0.2, 0.25) is 5.89 Å². The zero-order chi connectivity index (χ0) is 18.0. The summed E-state index contributed by atoms with van der Waals surface area (Å²) in [6.07, 6.45) is 0.188. The lowest BCUT2D eigenvalue weighted by Crippen LogP contribution is -2.36. The molecule has 0 saturated carbocycles. The highest BCUT2D eigenvalue weighted by atomic mass is 32.2. The van der Waals surface area contributed by atoms with Crippen LogP contribution in [0.4, 0.5) is 0 Å². The third-order valence-electron chi connectivity index (χ3n) is 3.84. The Balaban J connectivity index is 1.73. The molecule has 3 rings (SSSR count). The standard InChI is InChI=1S/C17H18N4O3S/c1-10-5-4-6-12(7-10)9-25-17-20-19-14(24-17)8-13-11(2)18-16(23)21(3)15(13)22/h4-7H,8-9H2,1-3H3,(H,18,23). The number of aromatic amines is 1. The number of aromatic nitrogens is 4. The summed E-state index contributed by atoms with van der Waals surface area (Å²) in [5.74, 6) is 1.07. The molecule has 0 aliphatic rings. The second-order valence-corrected chi connectivity index (χ2v) is 6.74. The van der Waals surface area contributed by atoms with Crippen molar-refractivity contribution >= 4 is 11.8 Å². The molecule has 25 heavy (non-hydrogen) atoms. The lowest BCUT2D eigenvalue weighted by atomic mass is 10.2. The zero-order valence-corrected chi connectivity index (χ0v) is 15.0. The first-order valence-corrected chi connectivity index (χ1v) is 8.72. The Morgan fingerprint density at radius 2 is 2.04 bits per heavy atom. The molecular weight excluding hydrogens is 340 g/mol. The van der Waals surface area contributed by atoms with Crippen LogP contribution in [0.15, 0.2) is 43.5 Å². The van der Waals surface area contributed by atoms with Crippen LogP contribution in [0.2, 0.25) is 0 Å². The molecule has 0 saturated heterocycles. The fraction of sp³-hybridized carbons (Fsp3) is 0.294. The van der Waals surface area contributed by atoms with Crippen LogP contribution in [0.1, 0.15) is 28.3 Å². The molecule has 1 aromatic carbocycles. The van der Waals surface area contributed by atoms with Gasteiger partial charge in [0.05, 0.1) is 6.42 Å². The van der Waals surface area contributed by atoms with Crippen LogP contribution in [0.3, 0.4) is 0 Å². The summed E-state index contributed by atoms with van der Waals surface area (Å²) >= 11 is 1.45. The maximum absolute atomic E-state index is 12.2. The van der Waals surface area contributed by atoms with Crippen molar-refractivity contribution in [3.63, 3.8) is 0 Å². The minimum atomic E-state index is -0.439. The summed E-state index contributed by atoms with van der Waals surface area (Å²) in [4.78, 5) is 26.4. The Bertz CT molecular complexity index is 1020. The molecule has 2 aromatic heterocycles. The smallest absolute Gasteiger partial charge is 0.328 e. The zero-order valence-electron chi connectivity index (χ0n) is 14.2. The van der Waals surface area contributed by atoms with E-state index in [0.717, 1.165) is 10.3 Å². The average Bonchev–Trinajstić information content (AvgIpc) is 3.03. The van der Waals surface area contributed by atoms with Crippen LogP contribution >= 0.6 is 11.8 Å². The largest absolute Gasteiger partial charge is 0.416 e. The minimum absolute atomic E-state index is 0.188. The van der Waals surface area contributed by atoms with E-state index in [2.05, 4.69) is 21.2 Å². The van der Waals surface area contributed by atoms with Gasteiger partial charge in [0.15, 0.2) is 0 Å². The van der Waals surface area contributed by atoms with E-state index in [1.54, 1.807) is 6.92 Å². The highest BCUT2D eigenvalue weighted by Crippen LogP contribution is 2.22. The lowest BCUT2D eigenvalue weighted by Gasteiger charge is -2.04. The number of aryl methyl sites for hydroxylation is 2. The molecule has 0 amide bonds. The van der Waals surface area contributed by atoms with Crippen molar-refractivity contribution in [3.8, 4) is 0 Å². The van der Waals surface area contributed by atoms with Crippen LogP contribution in [0.5, 0.6) is 0 Å². The van der Waals surface area contributed by atoms with Crippen LogP contribution in [0.25, 0.3) is 0 Å². The van der Waals surface area contributed by atoms with Gasteiger partial charge in [0, 0.05) is 24.1 Å². The topological polar surface area (TPSA) is 93.8 Å². The molecule has 0 spiro atoms. The van der Waals surface area contributed by atoms with E-state index in [4.69, 9.17) is 4.42 Å². The summed E-state index contributed by atoms with van der Waals surface area (Å²) in [6.45, 7) is 3.73. The van der Waals surface area contributed by atoms with E-state index in [0.29, 0.717) is 22.4 Å². The Morgan fingerprint density at radius 3 is 2.80 bits per heavy atom. The minimum Gasteiger partial charge on any atom is -0.416 e. The predicted molar refractivity (Wildman–Crippen MR) is 94.9 cm³/mol. The van der Waals surface area contributed by atoms with Gasteiger partial charge in [-0.15, -0.1) is 10.2 Å². The molecule has 0 aliphatic carbocycles. The predicted octanol–water partition coefficient (Wildman–Crippen LogP) is 1.96. The molecule has 0 atom stereocenters. The molecule has 3 aromatic rings. The highest BCUT2D eigenvalue weighted by molar-refractivity contribution is 7.98. The number of hydrogen-bond acceptors (Lipinski definition) is 6. The monoisotopic (exact) mass is 358 g/mol. The number of thioether (sulfide) groups is 1. The molecule has 8 heteroatoms. The Hall–Kier alpha value is -2.61. The van der Waals surface area contributed by atoms with Crippen molar-refractivity contribution in [2.45, 2.75) is 31.2 Å². The van der Waals surface area contributed by atoms with Gasteiger partial charge in [-0.3, -0.25) is 9.36 Å². The molecule has 0 radical (unpaired) electrons. The van der Waals surface area contributed by atoms with E-state index in [1.165, 1.54) is 29.9 Å². The molecule has 7 nitrogen and oxygen atoms in total. The molecule has 2 heterocycles. The van der Waals surface area contributed by atoms with Crippen LogP contribution in [0, 0.1) is 13.8 Å². The van der Waals surface area contributed by atoms with Gasteiger partial charge < -0.3 is 9.40 Å². The van der Waals surface area contributed by atoms with E-state index >= 15 is 0 Å². The average molecular weight is 358 g/mol. The molecule has 130 valence electrons. The van der Waals surface area contributed by atoms with Gasteiger partial charge in [0.1, 0.15) is 0 Å². The van der Waals surface area contributed by atoms with Gasteiger partial charge in [-0.25, -0.2) is 4.79 Å².